The van der Waals surface area contributed by atoms with E-state index in [-0.39, 0.29) is 5.82 Å². The van der Waals surface area contributed by atoms with Crippen LogP contribution in [0.3, 0.4) is 0 Å². The van der Waals surface area contributed by atoms with Crippen molar-refractivity contribution in [2.24, 2.45) is 5.92 Å². The van der Waals surface area contributed by atoms with E-state index in [1.54, 1.807) is 6.07 Å². The van der Waals surface area contributed by atoms with Crippen LogP contribution in [-0.2, 0) is 4.74 Å². The lowest BCUT2D eigenvalue weighted by Gasteiger charge is -2.36. The van der Waals surface area contributed by atoms with Gasteiger partial charge in [-0.15, -0.1) is 0 Å². The number of hydrogen-bond acceptors (Lipinski definition) is 5. The summed E-state index contributed by atoms with van der Waals surface area (Å²) in [6.45, 7) is 6.92. The molecule has 1 aromatic heterocycles. The molecule has 3 heterocycles. The highest BCUT2D eigenvalue weighted by Gasteiger charge is 2.24. The Kier molecular flexibility index (Phi) is 4.58. The number of ether oxygens (including phenoxy) is 1. The van der Waals surface area contributed by atoms with Gasteiger partial charge in [0, 0.05) is 38.1 Å². The van der Waals surface area contributed by atoms with Gasteiger partial charge in [-0.3, -0.25) is 4.90 Å². The molecule has 0 spiro atoms. The highest BCUT2D eigenvalue weighted by Crippen LogP contribution is 2.28. The molecule has 0 amide bonds. The predicted octanol–water partition coefficient (Wildman–Crippen LogP) is 2.32. The van der Waals surface area contributed by atoms with Crippen molar-refractivity contribution in [1.29, 1.82) is 0 Å². The number of rotatable bonds is 3. The van der Waals surface area contributed by atoms with Crippen molar-refractivity contribution in [3.05, 3.63) is 30.3 Å². The Bertz CT molecular complexity index is 696. The van der Waals surface area contributed by atoms with Gasteiger partial charge in [0.15, 0.2) is 0 Å². The average Bonchev–Trinajstić information content (AvgIpc) is 2.63. The second kappa shape index (κ2) is 6.99. The molecule has 4 rings (SSSR count). The first-order chi connectivity index (χ1) is 11.8. The SMILES string of the molecule is Fc1cccc2c(N3CCC(CN4CCOCC4)CC3)ncnc12. The molecule has 0 aliphatic carbocycles. The largest absolute Gasteiger partial charge is 0.379 e. The molecule has 6 heteroatoms. The molecule has 2 aliphatic rings. The molecule has 1 aromatic carbocycles. The zero-order chi connectivity index (χ0) is 16.4. The number of anilines is 1. The molecule has 0 radical (unpaired) electrons. The van der Waals surface area contributed by atoms with Crippen molar-refractivity contribution in [3.63, 3.8) is 0 Å². The number of para-hydroxylation sites is 1. The molecule has 0 N–H and O–H groups in total. The van der Waals surface area contributed by atoms with Gasteiger partial charge in [0.2, 0.25) is 0 Å². The smallest absolute Gasteiger partial charge is 0.149 e. The predicted molar refractivity (Wildman–Crippen MR) is 91.7 cm³/mol. The standard InChI is InChI=1S/C18H23FN4O/c19-16-3-1-2-15-17(16)20-13-21-18(15)23-6-4-14(5-7-23)12-22-8-10-24-11-9-22/h1-3,13-14H,4-12H2. The molecule has 2 aliphatic heterocycles. The summed E-state index contributed by atoms with van der Waals surface area (Å²) in [5.41, 5.74) is 0.415. The lowest BCUT2D eigenvalue weighted by atomic mass is 9.95. The van der Waals surface area contributed by atoms with E-state index in [9.17, 15) is 4.39 Å². The van der Waals surface area contributed by atoms with Gasteiger partial charge in [-0.1, -0.05) is 6.07 Å². The summed E-state index contributed by atoms with van der Waals surface area (Å²) in [6.07, 6.45) is 3.77. The summed E-state index contributed by atoms with van der Waals surface area (Å²) in [6, 6.07) is 5.09. The van der Waals surface area contributed by atoms with E-state index >= 15 is 0 Å². The van der Waals surface area contributed by atoms with Crippen LogP contribution in [0.5, 0.6) is 0 Å². The van der Waals surface area contributed by atoms with Crippen molar-refractivity contribution in [1.82, 2.24) is 14.9 Å². The van der Waals surface area contributed by atoms with Crippen LogP contribution >= 0.6 is 0 Å². The third-order valence-corrected chi connectivity index (χ3v) is 5.13. The maximum Gasteiger partial charge on any atom is 0.149 e. The quantitative estimate of drug-likeness (QED) is 0.864. The van der Waals surface area contributed by atoms with E-state index in [0.717, 1.165) is 75.9 Å². The number of morpholine rings is 1. The minimum Gasteiger partial charge on any atom is -0.379 e. The zero-order valence-corrected chi connectivity index (χ0v) is 13.8. The Labute approximate surface area is 141 Å². The van der Waals surface area contributed by atoms with Gasteiger partial charge in [-0.2, -0.15) is 0 Å². The lowest BCUT2D eigenvalue weighted by molar-refractivity contribution is 0.0289. The molecule has 2 saturated heterocycles. The van der Waals surface area contributed by atoms with Gasteiger partial charge in [0.25, 0.3) is 0 Å². The van der Waals surface area contributed by atoms with Crippen LogP contribution in [-0.4, -0.2) is 60.8 Å². The number of piperidine rings is 1. The Balaban J connectivity index is 1.43. The van der Waals surface area contributed by atoms with Crippen molar-refractivity contribution < 1.29 is 9.13 Å². The van der Waals surface area contributed by atoms with E-state index < -0.39 is 0 Å². The molecule has 5 nitrogen and oxygen atoms in total. The molecule has 24 heavy (non-hydrogen) atoms. The number of nitrogens with zero attached hydrogens (tertiary/aromatic N) is 4. The van der Waals surface area contributed by atoms with Gasteiger partial charge in [0.1, 0.15) is 23.5 Å². The molecule has 2 fully saturated rings. The summed E-state index contributed by atoms with van der Waals surface area (Å²) in [5, 5.41) is 0.809. The maximum atomic E-state index is 13.9. The van der Waals surface area contributed by atoms with Crippen LogP contribution in [0.1, 0.15) is 12.8 Å². The van der Waals surface area contributed by atoms with E-state index in [0.29, 0.717) is 5.52 Å². The zero-order valence-electron chi connectivity index (χ0n) is 13.8. The fourth-order valence-corrected chi connectivity index (χ4v) is 3.77. The van der Waals surface area contributed by atoms with E-state index in [1.165, 1.54) is 12.4 Å². The highest BCUT2D eigenvalue weighted by molar-refractivity contribution is 5.89. The fraction of sp³-hybridized carbons (Fsp3) is 0.556. The van der Waals surface area contributed by atoms with Crippen LogP contribution in [0.25, 0.3) is 10.9 Å². The monoisotopic (exact) mass is 330 g/mol. The number of hydrogen-bond donors (Lipinski definition) is 0. The lowest BCUT2D eigenvalue weighted by Crippen LogP contribution is -2.43. The number of benzene rings is 1. The third-order valence-electron chi connectivity index (χ3n) is 5.13. The minimum absolute atomic E-state index is 0.279. The average molecular weight is 330 g/mol. The van der Waals surface area contributed by atoms with Crippen molar-refractivity contribution >= 4 is 16.7 Å². The van der Waals surface area contributed by atoms with Gasteiger partial charge >= 0.3 is 0 Å². The second-order valence-electron chi connectivity index (χ2n) is 6.68. The Hall–Kier alpha value is -1.79. The van der Waals surface area contributed by atoms with Crippen LogP contribution in [0, 0.1) is 11.7 Å². The van der Waals surface area contributed by atoms with E-state index in [1.807, 2.05) is 6.07 Å². The minimum atomic E-state index is -0.279. The number of halogens is 1. The molecular weight excluding hydrogens is 307 g/mol. The normalized spacial score (nSPS) is 20.6. The highest BCUT2D eigenvalue weighted by atomic mass is 19.1. The molecule has 0 bridgehead atoms. The van der Waals surface area contributed by atoms with Crippen molar-refractivity contribution in [3.8, 4) is 0 Å². The molecule has 0 saturated carbocycles. The Morgan fingerprint density at radius 1 is 1.08 bits per heavy atom. The summed E-state index contributed by atoms with van der Waals surface area (Å²) < 4.78 is 19.4. The summed E-state index contributed by atoms with van der Waals surface area (Å²) in [4.78, 5) is 13.3. The van der Waals surface area contributed by atoms with Gasteiger partial charge in [-0.25, -0.2) is 14.4 Å². The van der Waals surface area contributed by atoms with Gasteiger partial charge < -0.3 is 9.64 Å². The molecule has 128 valence electrons. The van der Waals surface area contributed by atoms with Crippen molar-refractivity contribution in [2.45, 2.75) is 12.8 Å². The second-order valence-corrected chi connectivity index (χ2v) is 6.68. The number of fused-ring (bicyclic) bond motifs is 1. The number of aromatic nitrogens is 2. The van der Waals surface area contributed by atoms with Crippen LogP contribution in [0.2, 0.25) is 0 Å². The summed E-state index contributed by atoms with van der Waals surface area (Å²) in [5.74, 6) is 1.31. The Morgan fingerprint density at radius 2 is 1.88 bits per heavy atom. The van der Waals surface area contributed by atoms with Crippen molar-refractivity contribution in [2.75, 3.05) is 50.8 Å². The molecule has 0 atom stereocenters. The first-order valence-electron chi connectivity index (χ1n) is 8.75. The Morgan fingerprint density at radius 3 is 2.67 bits per heavy atom. The third kappa shape index (κ3) is 3.21. The molecular formula is C18H23FN4O. The van der Waals surface area contributed by atoms with E-state index in [2.05, 4.69) is 19.8 Å². The topological polar surface area (TPSA) is 41.5 Å². The summed E-state index contributed by atoms with van der Waals surface area (Å²) in [7, 11) is 0. The summed E-state index contributed by atoms with van der Waals surface area (Å²) >= 11 is 0. The first-order valence-corrected chi connectivity index (χ1v) is 8.75. The van der Waals surface area contributed by atoms with Gasteiger partial charge in [0.05, 0.1) is 13.2 Å². The van der Waals surface area contributed by atoms with E-state index in [4.69, 9.17) is 4.74 Å². The first kappa shape index (κ1) is 15.7. The maximum absolute atomic E-state index is 13.9. The van der Waals surface area contributed by atoms with Gasteiger partial charge in [-0.05, 0) is 30.9 Å². The van der Waals surface area contributed by atoms with Crippen LogP contribution in [0.15, 0.2) is 24.5 Å². The molecule has 0 unspecified atom stereocenters. The van der Waals surface area contributed by atoms with Crippen LogP contribution in [0.4, 0.5) is 10.2 Å². The fourth-order valence-electron chi connectivity index (χ4n) is 3.77. The molecule has 2 aromatic rings. The van der Waals surface area contributed by atoms with Crippen LogP contribution < -0.4 is 4.90 Å².